The van der Waals surface area contributed by atoms with Crippen molar-refractivity contribution in [1.82, 2.24) is 5.32 Å². The van der Waals surface area contributed by atoms with Crippen LogP contribution in [0.5, 0.6) is 0 Å². The number of anilines is 1. The quantitative estimate of drug-likeness (QED) is 0.830. The molecule has 1 aliphatic heterocycles. The maximum Gasteiger partial charge on any atom is 0.228 e. The minimum absolute atomic E-state index is 0.0865. The van der Waals surface area contributed by atoms with Gasteiger partial charge in [-0.1, -0.05) is 36.4 Å². The first-order valence-corrected chi connectivity index (χ1v) is 8.04. The Morgan fingerprint density at radius 2 is 2.00 bits per heavy atom. The third kappa shape index (κ3) is 3.79. The Balaban J connectivity index is 1.58. The number of hydrogen-bond acceptors (Lipinski definition) is 2. The molecule has 0 bridgehead atoms. The van der Waals surface area contributed by atoms with E-state index in [1.807, 2.05) is 18.2 Å². The molecule has 0 fully saturated rings. The lowest BCUT2D eigenvalue weighted by molar-refractivity contribution is -0.126. The summed E-state index contributed by atoms with van der Waals surface area (Å²) in [6.45, 7) is 0.544. The normalized spacial score (nSPS) is 16.2. The van der Waals surface area contributed by atoms with Crippen LogP contribution in [0.4, 0.5) is 10.1 Å². The second kappa shape index (κ2) is 7.25. The Hall–Kier alpha value is -2.69. The van der Waals surface area contributed by atoms with Gasteiger partial charge in [-0.2, -0.15) is 0 Å². The standard InChI is InChI=1S/C19H19FN2O2/c20-14-8-9-15-16(12-18(23)22-17(15)11-14)19(24)21-10-4-7-13-5-2-1-3-6-13/h1-3,5-6,8-9,11,16H,4,7,10,12H2,(H,21,24)(H,22,23)/t16-/m1/s1. The van der Waals surface area contributed by atoms with Crippen LogP contribution in [0.3, 0.4) is 0 Å². The lowest BCUT2D eigenvalue weighted by atomic mass is 9.89. The summed E-state index contributed by atoms with van der Waals surface area (Å²) in [5, 5.41) is 5.50. The SMILES string of the molecule is O=C1C[C@@H](C(=O)NCCCc2ccccc2)c2ccc(F)cc2N1. The van der Waals surface area contributed by atoms with Crippen LogP contribution in [0.2, 0.25) is 0 Å². The lowest BCUT2D eigenvalue weighted by Crippen LogP contribution is -2.35. The Labute approximate surface area is 140 Å². The summed E-state index contributed by atoms with van der Waals surface area (Å²) >= 11 is 0. The molecule has 2 N–H and O–H groups in total. The lowest BCUT2D eigenvalue weighted by Gasteiger charge is -2.24. The molecule has 0 radical (unpaired) electrons. The minimum Gasteiger partial charge on any atom is -0.356 e. The zero-order chi connectivity index (χ0) is 16.9. The molecule has 0 unspecified atom stereocenters. The van der Waals surface area contributed by atoms with Crippen molar-refractivity contribution in [3.05, 3.63) is 65.5 Å². The summed E-state index contributed by atoms with van der Waals surface area (Å²) in [6, 6.07) is 14.2. The highest BCUT2D eigenvalue weighted by Gasteiger charge is 2.30. The smallest absolute Gasteiger partial charge is 0.228 e. The van der Waals surface area contributed by atoms with E-state index in [1.165, 1.54) is 17.7 Å². The topological polar surface area (TPSA) is 58.2 Å². The van der Waals surface area contributed by atoms with Crippen LogP contribution in [-0.2, 0) is 16.0 Å². The van der Waals surface area contributed by atoms with Crippen molar-refractivity contribution >= 4 is 17.5 Å². The summed E-state index contributed by atoms with van der Waals surface area (Å²) in [4.78, 5) is 24.2. The molecule has 1 atom stereocenters. The average Bonchev–Trinajstić information content (AvgIpc) is 2.58. The van der Waals surface area contributed by atoms with Crippen molar-refractivity contribution < 1.29 is 14.0 Å². The highest BCUT2D eigenvalue weighted by molar-refractivity contribution is 6.01. The van der Waals surface area contributed by atoms with Crippen molar-refractivity contribution in [3.63, 3.8) is 0 Å². The number of hydrogen-bond donors (Lipinski definition) is 2. The van der Waals surface area contributed by atoms with E-state index in [2.05, 4.69) is 22.8 Å². The van der Waals surface area contributed by atoms with Gasteiger partial charge in [0.1, 0.15) is 5.82 Å². The van der Waals surface area contributed by atoms with Gasteiger partial charge in [0.05, 0.1) is 5.92 Å². The summed E-state index contributed by atoms with van der Waals surface area (Å²) in [6.07, 6.45) is 1.79. The second-order valence-electron chi connectivity index (χ2n) is 5.92. The van der Waals surface area contributed by atoms with E-state index in [1.54, 1.807) is 6.07 Å². The fraction of sp³-hybridized carbons (Fsp3) is 0.263. The van der Waals surface area contributed by atoms with Crippen LogP contribution in [0, 0.1) is 5.82 Å². The zero-order valence-electron chi connectivity index (χ0n) is 13.2. The third-order valence-corrected chi connectivity index (χ3v) is 4.16. The maximum absolute atomic E-state index is 13.3. The number of fused-ring (bicyclic) bond motifs is 1. The van der Waals surface area contributed by atoms with Crippen molar-refractivity contribution in [3.8, 4) is 0 Å². The number of halogens is 1. The van der Waals surface area contributed by atoms with Crippen LogP contribution < -0.4 is 10.6 Å². The van der Waals surface area contributed by atoms with Crippen LogP contribution in [0.1, 0.15) is 29.9 Å². The van der Waals surface area contributed by atoms with E-state index in [-0.39, 0.29) is 18.2 Å². The molecule has 1 heterocycles. The number of carbonyl (C=O) groups is 2. The predicted molar refractivity (Wildman–Crippen MR) is 90.2 cm³/mol. The number of amides is 2. The molecule has 2 aromatic carbocycles. The Kier molecular flexibility index (Phi) is 4.89. The van der Waals surface area contributed by atoms with Gasteiger partial charge in [-0.05, 0) is 36.1 Å². The largest absolute Gasteiger partial charge is 0.356 e. The molecule has 3 rings (SSSR count). The zero-order valence-corrected chi connectivity index (χ0v) is 13.2. The van der Waals surface area contributed by atoms with Gasteiger partial charge in [0, 0.05) is 18.7 Å². The molecular weight excluding hydrogens is 307 g/mol. The third-order valence-electron chi connectivity index (χ3n) is 4.16. The van der Waals surface area contributed by atoms with Gasteiger partial charge in [0.25, 0.3) is 0 Å². The van der Waals surface area contributed by atoms with Gasteiger partial charge in [-0.15, -0.1) is 0 Å². The van der Waals surface area contributed by atoms with Crippen LogP contribution in [0.25, 0.3) is 0 Å². The van der Waals surface area contributed by atoms with Crippen molar-refractivity contribution in [2.45, 2.75) is 25.2 Å². The molecule has 0 spiro atoms. The first-order valence-electron chi connectivity index (χ1n) is 8.04. The molecule has 0 saturated carbocycles. The van der Waals surface area contributed by atoms with Crippen LogP contribution in [-0.4, -0.2) is 18.4 Å². The fourth-order valence-electron chi connectivity index (χ4n) is 2.94. The van der Waals surface area contributed by atoms with E-state index >= 15 is 0 Å². The average molecular weight is 326 g/mol. The van der Waals surface area contributed by atoms with Gasteiger partial charge in [-0.25, -0.2) is 4.39 Å². The van der Waals surface area contributed by atoms with E-state index in [4.69, 9.17) is 0 Å². The number of benzene rings is 2. The maximum atomic E-state index is 13.3. The van der Waals surface area contributed by atoms with E-state index < -0.39 is 11.7 Å². The van der Waals surface area contributed by atoms with Crippen LogP contribution in [0.15, 0.2) is 48.5 Å². The first-order chi connectivity index (χ1) is 11.6. The van der Waals surface area contributed by atoms with Gasteiger partial charge in [-0.3, -0.25) is 9.59 Å². The predicted octanol–water partition coefficient (Wildman–Crippen LogP) is 3.00. The van der Waals surface area contributed by atoms with Gasteiger partial charge >= 0.3 is 0 Å². The van der Waals surface area contributed by atoms with Crippen molar-refractivity contribution in [1.29, 1.82) is 0 Å². The van der Waals surface area contributed by atoms with E-state index in [0.717, 1.165) is 12.8 Å². The van der Waals surface area contributed by atoms with E-state index in [9.17, 15) is 14.0 Å². The highest BCUT2D eigenvalue weighted by Crippen LogP contribution is 2.32. The molecule has 0 aromatic heterocycles. The molecule has 2 amide bonds. The number of carbonyl (C=O) groups excluding carboxylic acids is 2. The summed E-state index contributed by atoms with van der Waals surface area (Å²) in [5.74, 6) is -1.45. The Bertz CT molecular complexity index is 746. The molecular formula is C19H19FN2O2. The molecule has 24 heavy (non-hydrogen) atoms. The number of nitrogens with one attached hydrogen (secondary N) is 2. The minimum atomic E-state index is -0.564. The molecule has 124 valence electrons. The number of aryl methyl sites for hydroxylation is 1. The highest BCUT2D eigenvalue weighted by atomic mass is 19.1. The molecule has 0 saturated heterocycles. The van der Waals surface area contributed by atoms with Crippen molar-refractivity contribution in [2.75, 3.05) is 11.9 Å². The summed E-state index contributed by atoms with van der Waals surface area (Å²) in [5.41, 5.74) is 2.27. The van der Waals surface area contributed by atoms with Gasteiger partial charge < -0.3 is 10.6 Å². The fourth-order valence-corrected chi connectivity index (χ4v) is 2.94. The summed E-state index contributed by atoms with van der Waals surface area (Å²) < 4.78 is 13.3. The van der Waals surface area contributed by atoms with Crippen molar-refractivity contribution in [2.24, 2.45) is 0 Å². The molecule has 5 heteroatoms. The van der Waals surface area contributed by atoms with E-state index in [0.29, 0.717) is 17.8 Å². The first kappa shape index (κ1) is 16.2. The molecule has 0 aliphatic carbocycles. The van der Waals surface area contributed by atoms with Gasteiger partial charge in [0.15, 0.2) is 0 Å². The molecule has 4 nitrogen and oxygen atoms in total. The van der Waals surface area contributed by atoms with Crippen LogP contribution >= 0.6 is 0 Å². The monoisotopic (exact) mass is 326 g/mol. The number of rotatable bonds is 5. The second-order valence-corrected chi connectivity index (χ2v) is 5.92. The van der Waals surface area contributed by atoms with Gasteiger partial charge in [0.2, 0.25) is 11.8 Å². The Morgan fingerprint density at radius 3 is 2.79 bits per heavy atom. The molecule has 1 aliphatic rings. The summed E-state index contributed by atoms with van der Waals surface area (Å²) in [7, 11) is 0. The molecule has 2 aromatic rings. The Morgan fingerprint density at radius 1 is 1.21 bits per heavy atom.